The van der Waals surface area contributed by atoms with Crippen LogP contribution in [0.4, 0.5) is 5.69 Å². The predicted molar refractivity (Wildman–Crippen MR) is 88.6 cm³/mol. The van der Waals surface area contributed by atoms with Gasteiger partial charge in [-0.2, -0.15) is 0 Å². The van der Waals surface area contributed by atoms with Gasteiger partial charge in [0.1, 0.15) is 0 Å². The van der Waals surface area contributed by atoms with Crippen LogP contribution >= 0.6 is 11.6 Å². The van der Waals surface area contributed by atoms with Gasteiger partial charge in [-0.1, -0.05) is 25.4 Å². The van der Waals surface area contributed by atoms with Gasteiger partial charge in [0, 0.05) is 17.6 Å². The number of halogens is 1. The fourth-order valence-corrected chi connectivity index (χ4v) is 2.75. The minimum Gasteiger partial charge on any atom is -0.381 e. The standard InChI is InChI=1S/C17H23ClN2/c1-11(2)7-8-13(4)20-17-14-6-5-9-19-16(14)12(3)10-15(17)18/h5-6,9-11,13,20H,7-8H2,1-4H3. The minimum atomic E-state index is 0.404. The molecule has 2 nitrogen and oxygen atoms in total. The van der Waals surface area contributed by atoms with Crippen molar-refractivity contribution in [2.24, 2.45) is 5.92 Å². The third-order valence-corrected chi connectivity index (χ3v) is 3.90. The topological polar surface area (TPSA) is 24.9 Å². The van der Waals surface area contributed by atoms with Crippen molar-refractivity contribution in [1.29, 1.82) is 0 Å². The maximum atomic E-state index is 6.43. The van der Waals surface area contributed by atoms with Gasteiger partial charge >= 0.3 is 0 Å². The zero-order chi connectivity index (χ0) is 14.7. The molecular weight excluding hydrogens is 268 g/mol. The van der Waals surface area contributed by atoms with Crippen LogP contribution in [0.2, 0.25) is 5.02 Å². The molecule has 0 saturated carbocycles. The van der Waals surface area contributed by atoms with Gasteiger partial charge in [0.25, 0.3) is 0 Å². The average Bonchev–Trinajstić information content (AvgIpc) is 2.41. The lowest BCUT2D eigenvalue weighted by atomic mass is 10.0. The van der Waals surface area contributed by atoms with E-state index in [1.165, 1.54) is 6.42 Å². The number of nitrogens with one attached hydrogen (secondary N) is 1. The van der Waals surface area contributed by atoms with Crippen LogP contribution in [0.15, 0.2) is 24.4 Å². The zero-order valence-electron chi connectivity index (χ0n) is 12.7. The highest BCUT2D eigenvalue weighted by molar-refractivity contribution is 6.35. The van der Waals surface area contributed by atoms with Crippen molar-refractivity contribution in [3.63, 3.8) is 0 Å². The first kappa shape index (κ1) is 15.1. The van der Waals surface area contributed by atoms with E-state index in [1.54, 1.807) is 0 Å². The molecule has 0 radical (unpaired) electrons. The Bertz CT molecular complexity index is 593. The van der Waals surface area contributed by atoms with Crippen LogP contribution < -0.4 is 5.32 Å². The van der Waals surface area contributed by atoms with Crippen LogP contribution in [-0.4, -0.2) is 11.0 Å². The molecule has 1 heterocycles. The Hall–Kier alpha value is -1.28. The van der Waals surface area contributed by atoms with Crippen molar-refractivity contribution in [3.8, 4) is 0 Å². The van der Waals surface area contributed by atoms with E-state index in [0.717, 1.165) is 39.5 Å². The predicted octanol–water partition coefficient (Wildman–Crippen LogP) is 5.43. The molecule has 2 rings (SSSR count). The number of aromatic nitrogens is 1. The largest absolute Gasteiger partial charge is 0.381 e. The molecule has 1 unspecified atom stereocenters. The summed E-state index contributed by atoms with van der Waals surface area (Å²) in [6.45, 7) is 8.77. The van der Waals surface area contributed by atoms with Gasteiger partial charge in [-0.15, -0.1) is 0 Å². The quantitative estimate of drug-likeness (QED) is 0.794. The van der Waals surface area contributed by atoms with Gasteiger partial charge in [-0.3, -0.25) is 4.98 Å². The van der Waals surface area contributed by atoms with Crippen LogP contribution in [-0.2, 0) is 0 Å². The van der Waals surface area contributed by atoms with Gasteiger partial charge in [0.15, 0.2) is 0 Å². The summed E-state index contributed by atoms with van der Waals surface area (Å²) in [5.41, 5.74) is 3.15. The second kappa shape index (κ2) is 6.45. The number of anilines is 1. The van der Waals surface area contributed by atoms with Crippen molar-refractivity contribution in [1.82, 2.24) is 4.98 Å². The number of hydrogen-bond acceptors (Lipinski definition) is 2. The number of pyridine rings is 1. The fourth-order valence-electron chi connectivity index (χ4n) is 2.43. The number of rotatable bonds is 5. The molecule has 1 N–H and O–H groups in total. The van der Waals surface area contributed by atoms with E-state index in [-0.39, 0.29) is 0 Å². The van der Waals surface area contributed by atoms with Gasteiger partial charge in [0.05, 0.1) is 16.2 Å². The van der Waals surface area contributed by atoms with E-state index in [2.05, 4.69) is 37.1 Å². The monoisotopic (exact) mass is 290 g/mol. The molecule has 108 valence electrons. The maximum Gasteiger partial charge on any atom is 0.0752 e. The van der Waals surface area contributed by atoms with Gasteiger partial charge in [0.2, 0.25) is 0 Å². The molecule has 0 spiro atoms. The molecule has 0 fully saturated rings. The van der Waals surface area contributed by atoms with E-state index in [0.29, 0.717) is 6.04 Å². The lowest BCUT2D eigenvalue weighted by Crippen LogP contribution is -2.16. The lowest BCUT2D eigenvalue weighted by Gasteiger charge is -2.19. The van der Waals surface area contributed by atoms with E-state index in [1.807, 2.05) is 25.3 Å². The SMILES string of the molecule is Cc1cc(Cl)c(NC(C)CCC(C)C)c2cccnc12. The Morgan fingerprint density at radius 1 is 1.25 bits per heavy atom. The first-order valence-electron chi connectivity index (χ1n) is 7.29. The average molecular weight is 291 g/mol. The highest BCUT2D eigenvalue weighted by Gasteiger charge is 2.12. The minimum absolute atomic E-state index is 0.404. The number of nitrogens with zero attached hydrogens (tertiary/aromatic N) is 1. The Kier molecular flexibility index (Phi) is 4.87. The van der Waals surface area contributed by atoms with E-state index in [4.69, 9.17) is 11.6 Å². The molecule has 0 saturated heterocycles. The van der Waals surface area contributed by atoms with Crippen LogP contribution in [0.25, 0.3) is 10.9 Å². The number of benzene rings is 1. The fraction of sp³-hybridized carbons (Fsp3) is 0.471. The van der Waals surface area contributed by atoms with Crippen LogP contribution in [0.5, 0.6) is 0 Å². The van der Waals surface area contributed by atoms with Crippen molar-refractivity contribution in [2.75, 3.05) is 5.32 Å². The second-order valence-electron chi connectivity index (χ2n) is 5.97. The van der Waals surface area contributed by atoms with Crippen LogP contribution in [0.3, 0.4) is 0 Å². The first-order chi connectivity index (χ1) is 9.49. The molecule has 0 amide bonds. The summed E-state index contributed by atoms with van der Waals surface area (Å²) in [5.74, 6) is 0.728. The molecule has 1 aromatic heterocycles. The summed E-state index contributed by atoms with van der Waals surface area (Å²) in [6.07, 6.45) is 4.19. The van der Waals surface area contributed by atoms with Crippen molar-refractivity contribution in [2.45, 2.75) is 46.6 Å². The molecule has 0 aliphatic heterocycles. The molecule has 2 aromatic rings. The Morgan fingerprint density at radius 2 is 2.00 bits per heavy atom. The van der Waals surface area contributed by atoms with E-state index >= 15 is 0 Å². The molecule has 20 heavy (non-hydrogen) atoms. The first-order valence-corrected chi connectivity index (χ1v) is 7.67. The van der Waals surface area contributed by atoms with Crippen molar-refractivity contribution in [3.05, 3.63) is 35.0 Å². The molecule has 0 bridgehead atoms. The summed E-state index contributed by atoms with van der Waals surface area (Å²) in [4.78, 5) is 4.47. The third-order valence-electron chi connectivity index (χ3n) is 3.60. The van der Waals surface area contributed by atoms with Crippen LogP contribution in [0.1, 0.15) is 39.2 Å². The van der Waals surface area contributed by atoms with Gasteiger partial charge in [-0.25, -0.2) is 0 Å². The zero-order valence-corrected chi connectivity index (χ0v) is 13.5. The Morgan fingerprint density at radius 3 is 2.70 bits per heavy atom. The summed E-state index contributed by atoms with van der Waals surface area (Å²) in [6, 6.07) is 6.44. The number of aryl methyl sites for hydroxylation is 1. The number of fused-ring (bicyclic) bond motifs is 1. The normalized spacial score (nSPS) is 12.9. The highest BCUT2D eigenvalue weighted by atomic mass is 35.5. The molecule has 1 atom stereocenters. The molecule has 3 heteroatoms. The molecule has 0 aliphatic rings. The third kappa shape index (κ3) is 3.43. The molecule has 1 aromatic carbocycles. The van der Waals surface area contributed by atoms with Gasteiger partial charge < -0.3 is 5.32 Å². The summed E-state index contributed by atoms with van der Waals surface area (Å²) >= 11 is 6.43. The summed E-state index contributed by atoms with van der Waals surface area (Å²) in [7, 11) is 0. The smallest absolute Gasteiger partial charge is 0.0752 e. The second-order valence-corrected chi connectivity index (χ2v) is 6.37. The molecular formula is C17H23ClN2. The van der Waals surface area contributed by atoms with Gasteiger partial charge in [-0.05, 0) is 56.4 Å². The lowest BCUT2D eigenvalue weighted by molar-refractivity contribution is 0.528. The van der Waals surface area contributed by atoms with Crippen molar-refractivity contribution >= 4 is 28.2 Å². The number of hydrogen-bond donors (Lipinski definition) is 1. The Balaban J connectivity index is 2.29. The van der Waals surface area contributed by atoms with E-state index in [9.17, 15) is 0 Å². The summed E-state index contributed by atoms with van der Waals surface area (Å²) in [5, 5.41) is 5.45. The highest BCUT2D eigenvalue weighted by Crippen LogP contribution is 2.33. The van der Waals surface area contributed by atoms with Crippen LogP contribution in [0, 0.1) is 12.8 Å². The molecule has 0 aliphatic carbocycles. The maximum absolute atomic E-state index is 6.43. The Labute approximate surface area is 126 Å². The van der Waals surface area contributed by atoms with Crippen molar-refractivity contribution < 1.29 is 0 Å². The van der Waals surface area contributed by atoms with E-state index < -0.39 is 0 Å². The summed E-state index contributed by atoms with van der Waals surface area (Å²) < 4.78 is 0.